The molecular weight excluding hydrogens is 334 g/mol. The van der Waals surface area contributed by atoms with E-state index in [9.17, 15) is 9.59 Å². The summed E-state index contributed by atoms with van der Waals surface area (Å²) < 4.78 is 10.3. The minimum absolute atomic E-state index is 0.102. The second-order valence-electron chi connectivity index (χ2n) is 6.34. The van der Waals surface area contributed by atoms with E-state index in [2.05, 4.69) is 15.0 Å². The van der Waals surface area contributed by atoms with Crippen molar-refractivity contribution in [2.75, 3.05) is 19.0 Å². The van der Waals surface area contributed by atoms with Gasteiger partial charge in [-0.05, 0) is 29.7 Å². The van der Waals surface area contributed by atoms with Crippen molar-refractivity contribution in [3.63, 3.8) is 0 Å². The largest absolute Gasteiger partial charge is 0.491 e. The highest BCUT2D eigenvalue weighted by Crippen LogP contribution is 2.28. The van der Waals surface area contributed by atoms with Gasteiger partial charge in [0.25, 0.3) is 0 Å². The Hall–Kier alpha value is -2.93. The Bertz CT molecular complexity index is 824. The lowest BCUT2D eigenvalue weighted by Gasteiger charge is -2.33. The highest BCUT2D eigenvalue weighted by atomic mass is 16.5. The van der Waals surface area contributed by atoms with Crippen LogP contribution in [0.3, 0.4) is 0 Å². The number of nitrogens with two attached hydrogens (primary N) is 1. The van der Waals surface area contributed by atoms with E-state index in [1.807, 2.05) is 24.3 Å². The zero-order valence-corrected chi connectivity index (χ0v) is 14.5. The Kier molecular flexibility index (Phi) is 5.18. The standard InChI is InChI=1S/C19H21N3O4/c1-25-17(23)7-6-13-8-15(11-21-10-13)22-18(24)19(20)9-14-4-2-3-5-16(14)26-12-19/h2-5,8,10-11H,6-7,9,12,20H2,1H3,(H,22,24). The molecule has 1 aromatic heterocycles. The lowest BCUT2D eigenvalue weighted by molar-refractivity contribution is -0.140. The van der Waals surface area contributed by atoms with Crippen molar-refractivity contribution in [3.05, 3.63) is 53.9 Å². The van der Waals surface area contributed by atoms with Gasteiger partial charge in [0.05, 0.1) is 19.0 Å². The summed E-state index contributed by atoms with van der Waals surface area (Å²) in [6.45, 7) is 0.102. The Morgan fingerprint density at radius 2 is 2.15 bits per heavy atom. The molecule has 0 saturated heterocycles. The number of rotatable bonds is 5. The summed E-state index contributed by atoms with van der Waals surface area (Å²) in [7, 11) is 1.35. The molecule has 7 nitrogen and oxygen atoms in total. The Labute approximate surface area is 151 Å². The molecule has 0 aliphatic carbocycles. The monoisotopic (exact) mass is 355 g/mol. The molecule has 2 aromatic rings. The van der Waals surface area contributed by atoms with E-state index in [0.717, 1.165) is 16.9 Å². The molecule has 7 heteroatoms. The van der Waals surface area contributed by atoms with Crippen molar-refractivity contribution >= 4 is 17.6 Å². The van der Waals surface area contributed by atoms with Crippen LogP contribution in [0.4, 0.5) is 5.69 Å². The van der Waals surface area contributed by atoms with Crippen molar-refractivity contribution in [2.24, 2.45) is 5.73 Å². The summed E-state index contributed by atoms with van der Waals surface area (Å²) in [6.07, 6.45) is 4.32. The first-order valence-corrected chi connectivity index (χ1v) is 8.32. The van der Waals surface area contributed by atoms with Gasteiger partial charge in [0.2, 0.25) is 5.91 Å². The molecule has 0 radical (unpaired) electrons. The van der Waals surface area contributed by atoms with Crippen LogP contribution in [0.25, 0.3) is 0 Å². The number of nitrogens with one attached hydrogen (secondary N) is 1. The first kappa shape index (κ1) is 17.9. The predicted molar refractivity (Wildman–Crippen MR) is 95.8 cm³/mol. The number of ether oxygens (including phenoxy) is 2. The number of pyridine rings is 1. The number of aryl methyl sites for hydroxylation is 1. The van der Waals surface area contributed by atoms with Crippen LogP contribution in [-0.2, 0) is 27.2 Å². The van der Waals surface area contributed by atoms with Crippen LogP contribution in [0.15, 0.2) is 42.7 Å². The molecule has 3 N–H and O–H groups in total. The first-order chi connectivity index (χ1) is 12.5. The zero-order valence-electron chi connectivity index (χ0n) is 14.5. The topological polar surface area (TPSA) is 104 Å². The number of hydrogen-bond donors (Lipinski definition) is 2. The number of anilines is 1. The quantitative estimate of drug-likeness (QED) is 0.787. The summed E-state index contributed by atoms with van der Waals surface area (Å²) in [5.41, 5.74) is 7.40. The first-order valence-electron chi connectivity index (χ1n) is 8.32. The molecule has 26 heavy (non-hydrogen) atoms. The molecule has 0 spiro atoms. The van der Waals surface area contributed by atoms with E-state index in [1.165, 1.54) is 7.11 Å². The molecule has 0 saturated carbocycles. The molecule has 0 fully saturated rings. The van der Waals surface area contributed by atoms with Crippen LogP contribution < -0.4 is 15.8 Å². The number of carbonyl (C=O) groups is 2. The molecule has 1 unspecified atom stereocenters. The zero-order chi connectivity index (χ0) is 18.6. The highest BCUT2D eigenvalue weighted by Gasteiger charge is 2.39. The van der Waals surface area contributed by atoms with Gasteiger partial charge in [0, 0.05) is 19.0 Å². The van der Waals surface area contributed by atoms with E-state index in [-0.39, 0.29) is 24.9 Å². The van der Waals surface area contributed by atoms with Crippen LogP contribution in [-0.4, -0.2) is 36.1 Å². The van der Waals surface area contributed by atoms with E-state index in [4.69, 9.17) is 10.5 Å². The summed E-state index contributed by atoms with van der Waals surface area (Å²) >= 11 is 0. The van der Waals surface area contributed by atoms with Gasteiger partial charge in [0.1, 0.15) is 17.9 Å². The molecule has 1 aliphatic heterocycles. The van der Waals surface area contributed by atoms with Crippen molar-refractivity contribution in [1.82, 2.24) is 4.98 Å². The number of carbonyl (C=O) groups excluding carboxylic acids is 2. The Morgan fingerprint density at radius 1 is 1.35 bits per heavy atom. The maximum atomic E-state index is 12.7. The minimum atomic E-state index is -1.16. The fraction of sp³-hybridized carbons (Fsp3) is 0.316. The van der Waals surface area contributed by atoms with E-state index >= 15 is 0 Å². The number of para-hydroxylation sites is 1. The number of fused-ring (bicyclic) bond motifs is 1. The maximum absolute atomic E-state index is 12.7. The average molecular weight is 355 g/mol. The van der Waals surface area contributed by atoms with Gasteiger partial charge >= 0.3 is 5.97 Å². The van der Waals surface area contributed by atoms with Crippen LogP contribution in [0, 0.1) is 0 Å². The molecule has 1 aliphatic rings. The molecule has 136 valence electrons. The number of nitrogens with zero attached hydrogens (tertiary/aromatic N) is 1. The molecule has 1 aromatic carbocycles. The van der Waals surface area contributed by atoms with Crippen molar-refractivity contribution in [2.45, 2.75) is 24.8 Å². The fourth-order valence-corrected chi connectivity index (χ4v) is 2.83. The predicted octanol–water partition coefficient (Wildman–Crippen LogP) is 1.46. The minimum Gasteiger partial charge on any atom is -0.491 e. The van der Waals surface area contributed by atoms with Crippen LogP contribution in [0.2, 0.25) is 0 Å². The summed E-state index contributed by atoms with van der Waals surface area (Å²) in [5.74, 6) is 0.130. The van der Waals surface area contributed by atoms with E-state index < -0.39 is 5.54 Å². The number of amides is 1. The van der Waals surface area contributed by atoms with Gasteiger partial charge in [-0.15, -0.1) is 0 Å². The van der Waals surface area contributed by atoms with Crippen LogP contribution >= 0.6 is 0 Å². The summed E-state index contributed by atoms with van der Waals surface area (Å²) in [6, 6.07) is 9.31. The molecule has 2 heterocycles. The number of esters is 1. The number of aromatic nitrogens is 1. The third kappa shape index (κ3) is 4.00. The van der Waals surface area contributed by atoms with Gasteiger partial charge < -0.3 is 20.5 Å². The third-order valence-electron chi connectivity index (χ3n) is 4.31. The van der Waals surface area contributed by atoms with E-state index in [1.54, 1.807) is 18.5 Å². The van der Waals surface area contributed by atoms with Crippen LogP contribution in [0.1, 0.15) is 17.5 Å². The Balaban J connectivity index is 1.67. The smallest absolute Gasteiger partial charge is 0.305 e. The summed E-state index contributed by atoms with van der Waals surface area (Å²) in [5, 5.41) is 2.80. The fourth-order valence-electron chi connectivity index (χ4n) is 2.83. The van der Waals surface area contributed by atoms with Crippen molar-refractivity contribution in [3.8, 4) is 5.75 Å². The van der Waals surface area contributed by atoms with Crippen molar-refractivity contribution < 1.29 is 19.1 Å². The number of methoxy groups -OCH3 is 1. The van der Waals surface area contributed by atoms with Gasteiger partial charge in [-0.1, -0.05) is 18.2 Å². The molecule has 0 bridgehead atoms. The highest BCUT2D eigenvalue weighted by molar-refractivity contribution is 5.98. The van der Waals surface area contributed by atoms with Gasteiger partial charge in [0.15, 0.2) is 0 Å². The second kappa shape index (κ2) is 7.53. The van der Waals surface area contributed by atoms with Gasteiger partial charge in [-0.3, -0.25) is 14.6 Å². The average Bonchev–Trinajstić information content (AvgIpc) is 2.66. The lowest BCUT2D eigenvalue weighted by Crippen LogP contribution is -2.58. The SMILES string of the molecule is COC(=O)CCc1cncc(NC(=O)C2(N)COc3ccccc3C2)c1. The van der Waals surface area contributed by atoms with Crippen molar-refractivity contribution in [1.29, 1.82) is 0 Å². The molecule has 1 amide bonds. The molecule has 3 rings (SSSR count). The lowest BCUT2D eigenvalue weighted by atomic mass is 9.89. The normalized spacial score (nSPS) is 18.4. The summed E-state index contributed by atoms with van der Waals surface area (Å²) in [4.78, 5) is 28.1. The van der Waals surface area contributed by atoms with Crippen LogP contribution in [0.5, 0.6) is 5.75 Å². The number of benzene rings is 1. The van der Waals surface area contributed by atoms with Gasteiger partial charge in [-0.25, -0.2) is 0 Å². The van der Waals surface area contributed by atoms with E-state index in [0.29, 0.717) is 18.5 Å². The molecular formula is C19H21N3O4. The molecule has 1 atom stereocenters. The Morgan fingerprint density at radius 3 is 2.96 bits per heavy atom. The third-order valence-corrected chi connectivity index (χ3v) is 4.31. The van der Waals surface area contributed by atoms with Gasteiger partial charge in [-0.2, -0.15) is 0 Å². The number of hydrogen-bond acceptors (Lipinski definition) is 6. The maximum Gasteiger partial charge on any atom is 0.305 e. The second-order valence-corrected chi connectivity index (χ2v) is 6.34.